The average Bonchev–Trinajstić information content (AvgIpc) is 3.44. The summed E-state index contributed by atoms with van der Waals surface area (Å²) in [5.74, 6) is 0.00634. The van der Waals surface area contributed by atoms with Crippen molar-refractivity contribution >= 4 is 16.7 Å². The number of aryl methyl sites for hydroxylation is 1. The Morgan fingerprint density at radius 1 is 1.24 bits per heavy atom. The van der Waals surface area contributed by atoms with E-state index in [-0.39, 0.29) is 23.6 Å². The second kappa shape index (κ2) is 9.09. The molecule has 9 nitrogen and oxygen atoms in total. The zero-order chi connectivity index (χ0) is 23.7. The number of rotatable bonds is 6. The predicted octanol–water partition coefficient (Wildman–Crippen LogP) is 4.23. The minimum atomic E-state index is -0.699. The maximum atomic E-state index is 14.4. The van der Waals surface area contributed by atoms with E-state index in [1.807, 2.05) is 44.7 Å². The Kier molecular flexibility index (Phi) is 5.84. The molecule has 0 aliphatic heterocycles. The topological polar surface area (TPSA) is 106 Å². The van der Waals surface area contributed by atoms with E-state index in [9.17, 15) is 4.39 Å². The molecule has 0 unspecified atom stereocenters. The molecule has 0 saturated heterocycles. The van der Waals surface area contributed by atoms with Gasteiger partial charge in [0.25, 0.3) is 5.88 Å². The second-order valence-corrected chi connectivity index (χ2v) is 8.45. The molecule has 0 aromatic carbocycles. The van der Waals surface area contributed by atoms with Gasteiger partial charge in [-0.25, -0.2) is 9.97 Å². The first-order valence-corrected chi connectivity index (χ1v) is 11.4. The number of ether oxygens (including phenoxy) is 1. The lowest BCUT2D eigenvalue weighted by Crippen LogP contribution is -2.27. The summed E-state index contributed by atoms with van der Waals surface area (Å²) in [6, 6.07) is 5.39. The van der Waals surface area contributed by atoms with E-state index in [1.165, 1.54) is 12.3 Å². The van der Waals surface area contributed by atoms with Gasteiger partial charge in [0, 0.05) is 49.2 Å². The van der Waals surface area contributed by atoms with Crippen LogP contribution >= 0.6 is 0 Å². The van der Waals surface area contributed by atoms with Gasteiger partial charge in [-0.2, -0.15) is 19.8 Å². The van der Waals surface area contributed by atoms with Crippen molar-refractivity contribution in [3.8, 4) is 23.2 Å². The Balaban J connectivity index is 1.40. The van der Waals surface area contributed by atoms with Gasteiger partial charge >= 0.3 is 0 Å². The summed E-state index contributed by atoms with van der Waals surface area (Å²) in [7, 11) is 1.88. The van der Waals surface area contributed by atoms with E-state index in [1.54, 1.807) is 4.68 Å². The minimum Gasteiger partial charge on any atom is -0.472 e. The summed E-state index contributed by atoms with van der Waals surface area (Å²) in [5, 5.41) is 22.6. The van der Waals surface area contributed by atoms with Crippen LogP contribution in [-0.2, 0) is 7.05 Å². The highest BCUT2D eigenvalue weighted by atomic mass is 19.1. The molecule has 1 saturated carbocycles. The van der Waals surface area contributed by atoms with Crippen molar-refractivity contribution in [2.24, 2.45) is 7.05 Å². The smallest absolute Gasteiger partial charge is 0.252 e. The van der Waals surface area contributed by atoms with Crippen LogP contribution < -0.4 is 10.1 Å². The fourth-order valence-electron chi connectivity index (χ4n) is 4.50. The molecule has 1 N–H and O–H groups in total. The van der Waals surface area contributed by atoms with Crippen molar-refractivity contribution in [1.29, 1.82) is 5.26 Å². The molecule has 34 heavy (non-hydrogen) atoms. The number of halogens is 1. The number of nitrogens with one attached hydrogen (secondary N) is 1. The highest BCUT2D eigenvalue weighted by molar-refractivity contribution is 5.93. The van der Waals surface area contributed by atoms with Gasteiger partial charge in [-0.3, -0.25) is 9.36 Å². The third-order valence-corrected chi connectivity index (χ3v) is 6.17. The van der Waals surface area contributed by atoms with Gasteiger partial charge in [0.1, 0.15) is 23.7 Å². The molecular formula is C24H25FN8O. The molecule has 10 heteroatoms. The SMILES string of the molecule is CCNc1cc2c(cn1)c(-c1cnn(C)c1)nn2[C@H]1CC[C@@H](Oc2nccc(C#N)c2F)CC1. The predicted molar refractivity (Wildman–Crippen MR) is 125 cm³/mol. The summed E-state index contributed by atoms with van der Waals surface area (Å²) in [6.45, 7) is 2.82. The quantitative estimate of drug-likeness (QED) is 0.459. The molecular weight excluding hydrogens is 435 g/mol. The number of pyridine rings is 2. The number of nitriles is 1. The number of nitrogens with zero attached hydrogens (tertiary/aromatic N) is 7. The van der Waals surface area contributed by atoms with Gasteiger partial charge in [0.05, 0.1) is 23.3 Å². The Bertz CT molecular complexity index is 1360. The molecule has 1 aliphatic carbocycles. The lowest BCUT2D eigenvalue weighted by atomic mass is 9.93. The van der Waals surface area contributed by atoms with Crippen molar-refractivity contribution in [1.82, 2.24) is 29.5 Å². The van der Waals surface area contributed by atoms with Crippen molar-refractivity contribution in [3.63, 3.8) is 0 Å². The summed E-state index contributed by atoms with van der Waals surface area (Å²) in [4.78, 5) is 8.53. The van der Waals surface area contributed by atoms with E-state index >= 15 is 0 Å². The third kappa shape index (κ3) is 4.05. The summed E-state index contributed by atoms with van der Waals surface area (Å²) >= 11 is 0. The Labute approximate surface area is 196 Å². The van der Waals surface area contributed by atoms with E-state index in [2.05, 4.69) is 25.1 Å². The summed E-state index contributed by atoms with van der Waals surface area (Å²) < 4.78 is 24.0. The van der Waals surface area contributed by atoms with Gasteiger partial charge in [0.2, 0.25) is 5.82 Å². The molecule has 4 heterocycles. The Morgan fingerprint density at radius 3 is 2.76 bits per heavy atom. The molecule has 1 aliphatic rings. The molecule has 4 aromatic heterocycles. The van der Waals surface area contributed by atoms with Crippen LogP contribution in [0.2, 0.25) is 0 Å². The second-order valence-electron chi connectivity index (χ2n) is 8.45. The van der Waals surface area contributed by atoms with Gasteiger partial charge in [-0.05, 0) is 38.7 Å². The van der Waals surface area contributed by atoms with Crippen LogP contribution in [-0.4, -0.2) is 42.2 Å². The Hall–Kier alpha value is -4.00. The van der Waals surface area contributed by atoms with Gasteiger partial charge < -0.3 is 10.1 Å². The standard InChI is InChI=1S/C24H25FN8O/c1-3-27-21-10-20-19(13-29-21)23(16-12-30-32(2)14-16)31-33(20)17-4-6-18(7-5-17)34-24-22(25)15(11-26)8-9-28-24/h8-10,12-14,17-18H,3-7H2,1-2H3,(H,27,29)/t17-,18+. The van der Waals surface area contributed by atoms with E-state index in [0.717, 1.165) is 60.2 Å². The third-order valence-electron chi connectivity index (χ3n) is 6.17. The van der Waals surface area contributed by atoms with Gasteiger partial charge in [-0.1, -0.05) is 0 Å². The molecule has 4 aromatic rings. The van der Waals surface area contributed by atoms with Crippen LogP contribution in [0.4, 0.5) is 10.2 Å². The molecule has 1 fully saturated rings. The number of aromatic nitrogens is 6. The molecule has 0 amide bonds. The van der Waals surface area contributed by atoms with E-state index in [0.29, 0.717) is 0 Å². The Morgan fingerprint density at radius 2 is 2.06 bits per heavy atom. The minimum absolute atomic E-state index is 0.0604. The molecule has 174 valence electrons. The van der Waals surface area contributed by atoms with Crippen molar-refractivity contribution < 1.29 is 9.13 Å². The summed E-state index contributed by atoms with van der Waals surface area (Å²) in [5.41, 5.74) is 2.76. The van der Waals surface area contributed by atoms with Crippen LogP contribution in [0.1, 0.15) is 44.2 Å². The van der Waals surface area contributed by atoms with Crippen molar-refractivity contribution in [3.05, 3.63) is 48.3 Å². The number of hydrogen-bond acceptors (Lipinski definition) is 7. The number of fused-ring (bicyclic) bond motifs is 1. The van der Waals surface area contributed by atoms with Crippen molar-refractivity contribution in [2.75, 3.05) is 11.9 Å². The summed E-state index contributed by atoms with van der Waals surface area (Å²) in [6.07, 6.45) is 9.98. The molecule has 0 atom stereocenters. The largest absolute Gasteiger partial charge is 0.472 e. The monoisotopic (exact) mass is 460 g/mol. The first-order valence-electron chi connectivity index (χ1n) is 11.4. The van der Waals surface area contributed by atoms with Crippen LogP contribution in [0.15, 0.2) is 36.9 Å². The first-order chi connectivity index (χ1) is 16.6. The first kappa shape index (κ1) is 21.8. The lowest BCUT2D eigenvalue weighted by Gasteiger charge is -2.29. The maximum absolute atomic E-state index is 14.4. The number of hydrogen-bond donors (Lipinski definition) is 1. The van der Waals surface area contributed by atoms with Crippen LogP contribution in [0.3, 0.4) is 0 Å². The van der Waals surface area contributed by atoms with Gasteiger partial charge in [0.15, 0.2) is 0 Å². The van der Waals surface area contributed by atoms with Gasteiger partial charge in [-0.15, -0.1) is 0 Å². The van der Waals surface area contributed by atoms with E-state index in [4.69, 9.17) is 15.1 Å². The lowest BCUT2D eigenvalue weighted by molar-refractivity contribution is 0.120. The zero-order valence-corrected chi connectivity index (χ0v) is 19.1. The highest BCUT2D eigenvalue weighted by Crippen LogP contribution is 2.36. The molecule has 0 spiro atoms. The molecule has 0 bridgehead atoms. The fourth-order valence-corrected chi connectivity index (χ4v) is 4.50. The zero-order valence-electron chi connectivity index (χ0n) is 19.1. The number of anilines is 1. The fraction of sp³-hybridized carbons (Fsp3) is 0.375. The highest BCUT2D eigenvalue weighted by Gasteiger charge is 2.28. The average molecular weight is 461 g/mol. The maximum Gasteiger partial charge on any atom is 0.252 e. The van der Waals surface area contributed by atoms with E-state index < -0.39 is 5.82 Å². The normalized spacial score (nSPS) is 18.1. The van der Waals surface area contributed by atoms with Crippen LogP contribution in [0, 0.1) is 17.1 Å². The molecule has 5 rings (SSSR count). The van der Waals surface area contributed by atoms with Crippen LogP contribution in [0.25, 0.3) is 22.2 Å². The van der Waals surface area contributed by atoms with Crippen molar-refractivity contribution in [2.45, 2.75) is 44.8 Å². The molecule has 0 radical (unpaired) electrons. The van der Waals surface area contributed by atoms with Crippen LogP contribution in [0.5, 0.6) is 5.88 Å².